The van der Waals surface area contributed by atoms with Crippen LogP contribution in [0.25, 0.3) is 0 Å². The number of fused-ring (bicyclic) bond motifs is 4. The van der Waals surface area contributed by atoms with E-state index in [0.29, 0.717) is 74.6 Å². The SMILES string of the molecule is COc1ccc(CN(Cc2ccc(OC)cc2)S(=O)(=O)c2ccn(CCC/C=C/CC3(O)CCc4cc5c(c([N+](=O)[O-])c43)CCC5)n2)cc1.COc1ccc(CN(Cc2ccc(OC)cc2)S(=O)(=O)c2ccn(CCCCCCC3CCc4cc5c(c(N)c43)CCC5)n2)cc1. The number of nitrogens with zero attached hydrogens (tertiary/aromatic N) is 7. The van der Waals surface area contributed by atoms with Crippen LogP contribution in [0.15, 0.2) is 156 Å². The van der Waals surface area contributed by atoms with E-state index in [4.69, 9.17) is 24.7 Å². The molecule has 502 valence electrons. The zero-order chi connectivity index (χ0) is 66.7. The molecule has 0 fully saturated rings. The highest BCUT2D eigenvalue weighted by Crippen LogP contribution is 2.49. The third-order valence-corrected chi connectivity index (χ3v) is 22.6. The number of aliphatic hydroxyl groups is 1. The van der Waals surface area contributed by atoms with Gasteiger partial charge in [-0.1, -0.05) is 92.1 Å². The molecule has 21 heteroatoms. The Labute approximate surface area is 558 Å². The number of aryl methyl sites for hydroxylation is 6. The summed E-state index contributed by atoms with van der Waals surface area (Å²) < 4.78 is 83.0. The lowest BCUT2D eigenvalue weighted by molar-refractivity contribution is -0.387. The van der Waals surface area contributed by atoms with E-state index in [0.717, 1.165) is 94.7 Å². The zero-order valence-corrected chi connectivity index (χ0v) is 56.6. The maximum atomic E-state index is 13.9. The van der Waals surface area contributed by atoms with E-state index in [-0.39, 0.29) is 46.8 Å². The van der Waals surface area contributed by atoms with Crippen molar-refractivity contribution in [3.63, 3.8) is 0 Å². The summed E-state index contributed by atoms with van der Waals surface area (Å²) in [4.78, 5) is 11.8. The number of ether oxygens (including phenoxy) is 4. The van der Waals surface area contributed by atoms with Gasteiger partial charge in [-0.2, -0.15) is 18.8 Å². The first-order valence-corrected chi connectivity index (χ1v) is 36.1. The zero-order valence-electron chi connectivity index (χ0n) is 55.0. The molecule has 2 unspecified atom stereocenters. The predicted molar refractivity (Wildman–Crippen MR) is 367 cm³/mol. The van der Waals surface area contributed by atoms with Gasteiger partial charge in [-0.3, -0.25) is 19.5 Å². The Morgan fingerprint density at radius 2 is 1.03 bits per heavy atom. The summed E-state index contributed by atoms with van der Waals surface area (Å²) in [6.07, 6.45) is 24.1. The van der Waals surface area contributed by atoms with Gasteiger partial charge >= 0.3 is 0 Å². The van der Waals surface area contributed by atoms with Crippen molar-refractivity contribution in [3.8, 4) is 23.0 Å². The van der Waals surface area contributed by atoms with Crippen molar-refractivity contribution in [3.05, 3.63) is 223 Å². The van der Waals surface area contributed by atoms with Gasteiger partial charge in [0, 0.05) is 62.9 Å². The van der Waals surface area contributed by atoms with Gasteiger partial charge in [0.05, 0.1) is 38.9 Å². The molecular weight excluding hydrogens is 1240 g/mol. The number of nitrogens with two attached hydrogens (primary N) is 1. The number of aromatic nitrogens is 4. The van der Waals surface area contributed by atoms with E-state index >= 15 is 0 Å². The third kappa shape index (κ3) is 16.0. The number of hydrogen-bond donors (Lipinski definition) is 2. The molecular formula is C74H88N8O11S2. The fourth-order valence-electron chi connectivity index (χ4n) is 14.1. The monoisotopic (exact) mass is 1330 g/mol. The molecule has 0 bridgehead atoms. The van der Waals surface area contributed by atoms with Gasteiger partial charge in [-0.25, -0.2) is 16.8 Å². The highest BCUT2D eigenvalue weighted by molar-refractivity contribution is 7.89. The number of sulfonamides is 2. The Balaban J connectivity index is 0.000000194. The third-order valence-electron chi connectivity index (χ3n) is 19.2. The average molecular weight is 1330 g/mol. The van der Waals surface area contributed by atoms with Crippen LogP contribution in [0, 0.1) is 10.1 Å². The van der Waals surface area contributed by atoms with Crippen molar-refractivity contribution in [1.29, 1.82) is 0 Å². The molecule has 0 saturated heterocycles. The topological polar surface area (TPSA) is 237 Å². The maximum Gasteiger partial charge on any atom is 0.279 e. The second-order valence-corrected chi connectivity index (χ2v) is 29.2. The predicted octanol–water partition coefficient (Wildman–Crippen LogP) is 13.3. The van der Waals surface area contributed by atoms with Crippen molar-refractivity contribution in [2.45, 2.75) is 176 Å². The van der Waals surface area contributed by atoms with Crippen molar-refractivity contribution in [2.75, 3.05) is 34.2 Å². The number of nitrogen functional groups attached to an aromatic ring is 1. The van der Waals surface area contributed by atoms with E-state index in [1.165, 1.54) is 75.5 Å². The van der Waals surface area contributed by atoms with Crippen LogP contribution >= 0.6 is 0 Å². The second-order valence-electron chi connectivity index (χ2n) is 25.4. The minimum Gasteiger partial charge on any atom is -0.497 e. The summed E-state index contributed by atoms with van der Waals surface area (Å²) in [5.74, 6) is 3.42. The van der Waals surface area contributed by atoms with Crippen LogP contribution in [0.1, 0.15) is 150 Å². The Morgan fingerprint density at radius 1 is 0.579 bits per heavy atom. The molecule has 19 nitrogen and oxygen atoms in total. The fourth-order valence-corrected chi connectivity index (χ4v) is 16.8. The van der Waals surface area contributed by atoms with Crippen LogP contribution in [-0.4, -0.2) is 83.5 Å². The number of allylic oxidation sites excluding steroid dienone is 1. The number of hydrogen-bond acceptors (Lipinski definition) is 14. The van der Waals surface area contributed by atoms with E-state index < -0.39 is 25.6 Å². The van der Waals surface area contributed by atoms with Crippen LogP contribution in [0.4, 0.5) is 11.4 Å². The largest absolute Gasteiger partial charge is 0.497 e. The Hall–Kier alpha value is -8.34. The Kier molecular flexibility index (Phi) is 21.9. The van der Waals surface area contributed by atoms with Crippen LogP contribution in [-0.2, 0) is 103 Å². The number of benzene rings is 6. The van der Waals surface area contributed by atoms with E-state index in [2.05, 4.69) is 22.3 Å². The quantitative estimate of drug-likeness (QED) is 0.0140. The molecule has 2 heterocycles. The van der Waals surface area contributed by atoms with Crippen LogP contribution in [0.3, 0.4) is 0 Å². The first kappa shape index (κ1) is 68.1. The van der Waals surface area contributed by atoms with Crippen LogP contribution in [0.5, 0.6) is 23.0 Å². The lowest BCUT2D eigenvalue weighted by Gasteiger charge is -2.23. The van der Waals surface area contributed by atoms with Gasteiger partial charge in [0.2, 0.25) is 0 Å². The molecule has 0 aliphatic heterocycles. The van der Waals surface area contributed by atoms with Crippen molar-refractivity contribution >= 4 is 31.4 Å². The van der Waals surface area contributed by atoms with Gasteiger partial charge in [0.25, 0.3) is 25.7 Å². The summed E-state index contributed by atoms with van der Waals surface area (Å²) in [7, 11) is -1.42. The number of methoxy groups -OCH3 is 4. The summed E-state index contributed by atoms with van der Waals surface area (Å²) >= 11 is 0. The number of anilines is 1. The lowest BCUT2D eigenvalue weighted by Crippen LogP contribution is -2.30. The number of nitro benzene ring substituents is 1. The van der Waals surface area contributed by atoms with Gasteiger partial charge in [0.15, 0.2) is 10.1 Å². The summed E-state index contributed by atoms with van der Waals surface area (Å²) in [6.45, 7) is 1.92. The summed E-state index contributed by atoms with van der Waals surface area (Å²) in [5.41, 5.74) is 19.1. The minimum atomic E-state index is -3.95. The molecule has 8 aromatic rings. The van der Waals surface area contributed by atoms with Gasteiger partial charge in [0.1, 0.15) is 28.6 Å². The summed E-state index contributed by atoms with van der Waals surface area (Å²) in [5, 5.41) is 32.6. The van der Waals surface area contributed by atoms with Crippen molar-refractivity contribution < 1.29 is 45.8 Å². The highest BCUT2D eigenvalue weighted by atomic mass is 32.2. The normalized spacial score (nSPS) is 16.4. The van der Waals surface area contributed by atoms with Crippen LogP contribution in [0.2, 0.25) is 0 Å². The number of rotatable bonds is 30. The number of nitro groups is 1. The molecule has 2 atom stereocenters. The highest BCUT2D eigenvalue weighted by Gasteiger charge is 2.44. The molecule has 3 N–H and O–H groups in total. The van der Waals surface area contributed by atoms with Gasteiger partial charge in [-0.05, 0) is 219 Å². The molecule has 0 spiro atoms. The molecule has 0 radical (unpaired) electrons. The molecule has 4 aliphatic carbocycles. The molecule has 2 aromatic heterocycles. The Morgan fingerprint density at radius 3 is 1.52 bits per heavy atom. The van der Waals surface area contributed by atoms with Crippen LogP contribution < -0.4 is 24.7 Å². The second kappa shape index (κ2) is 30.6. The first-order valence-electron chi connectivity index (χ1n) is 33.2. The van der Waals surface area contributed by atoms with E-state index in [9.17, 15) is 32.1 Å². The molecule has 6 aromatic carbocycles. The molecule has 0 saturated carbocycles. The van der Waals surface area contributed by atoms with E-state index in [1.54, 1.807) is 80.5 Å². The molecule has 12 rings (SSSR count). The summed E-state index contributed by atoms with van der Waals surface area (Å²) in [6, 6.07) is 37.2. The van der Waals surface area contributed by atoms with Crippen molar-refractivity contribution in [2.24, 2.45) is 0 Å². The standard InChI is InChI=1S/C37H42N4O7S.C37H46N4O4S/c1-47-31-14-10-27(11-15-31)25-40(26-28-12-16-32(48-2)17-13-28)49(45,46)34-19-23-39(38-34)22-6-4-3-5-20-37(42)21-18-30-24-29-8-7-9-33(29)36(35(30)37)41(43)44;1-44-32-17-11-27(12-18-32)25-41(26-28-13-19-33(45-2)20-14-28)46(42,43)35-21-23-40(39-35)22-6-4-3-5-8-29-15-16-31-24-30-9-7-10-34(30)37(38)36(29)31/h3,5,10-17,19,23-24,42H,4,6-9,18,20-22,25-26H2,1-2H3;11-14,17-21,23-24,29H,3-10,15-16,22,25-26,38H2,1-2H3/b5-3+;. The molecule has 0 amide bonds. The first-order chi connectivity index (χ1) is 46.0. The molecule has 4 aliphatic rings. The smallest absolute Gasteiger partial charge is 0.279 e. The average Bonchev–Trinajstić information content (AvgIpc) is 1.61. The number of unbranched alkanes of at least 4 members (excludes halogenated alkanes) is 4. The molecule has 95 heavy (non-hydrogen) atoms. The lowest BCUT2D eigenvalue weighted by atomic mass is 9.88. The maximum absolute atomic E-state index is 13.9. The van der Waals surface area contributed by atoms with Gasteiger partial charge < -0.3 is 29.8 Å². The fraction of sp³-hybridized carbons (Fsp3) is 0.405. The van der Waals surface area contributed by atoms with Crippen molar-refractivity contribution in [1.82, 2.24) is 28.2 Å². The van der Waals surface area contributed by atoms with Gasteiger partial charge in [-0.15, -0.1) is 0 Å². The van der Waals surface area contributed by atoms with E-state index in [1.807, 2.05) is 84.9 Å². The Bertz CT molecular complexity index is 4110. The minimum absolute atomic E-state index is 0.0275.